The number of alkyl halides is 6. The summed E-state index contributed by atoms with van der Waals surface area (Å²) in [5.41, 5.74) is 2.33. The lowest BCUT2D eigenvalue weighted by molar-refractivity contribution is -0.138. The van der Waals surface area contributed by atoms with Crippen LogP contribution in [0.1, 0.15) is 11.1 Å². The van der Waals surface area contributed by atoms with Gasteiger partial charge in [0.15, 0.2) is 0 Å². The Hall–Kier alpha value is -5.62. The van der Waals surface area contributed by atoms with E-state index >= 15 is 0 Å². The molecule has 0 atom stereocenters. The molecule has 0 aliphatic carbocycles. The van der Waals surface area contributed by atoms with Gasteiger partial charge in [-0.05, 0) is 101 Å². The molecular weight excluding hydrogens is 618 g/mol. The van der Waals surface area contributed by atoms with Crippen LogP contribution in [0.15, 0.2) is 146 Å². The molecule has 0 amide bonds. The van der Waals surface area contributed by atoms with Gasteiger partial charge in [-0.15, -0.1) is 0 Å². The van der Waals surface area contributed by atoms with Gasteiger partial charge in [0.2, 0.25) is 0 Å². The Bertz CT molecular complexity index is 2440. The van der Waals surface area contributed by atoms with Crippen LogP contribution in [-0.2, 0) is 12.4 Å². The predicted molar refractivity (Wildman–Crippen MR) is 183 cm³/mol. The van der Waals surface area contributed by atoms with Crippen molar-refractivity contribution in [3.05, 3.63) is 157 Å². The summed E-state index contributed by atoms with van der Waals surface area (Å²) >= 11 is 0. The molecule has 0 saturated carbocycles. The first-order chi connectivity index (χ1) is 23.1. The minimum Gasteiger partial charge on any atom is -0.166 e. The van der Waals surface area contributed by atoms with E-state index in [1.54, 1.807) is 12.1 Å². The summed E-state index contributed by atoms with van der Waals surface area (Å²) in [6, 6.07) is 41.6. The van der Waals surface area contributed by atoms with Gasteiger partial charge in [0.1, 0.15) is 0 Å². The number of rotatable bonds is 3. The summed E-state index contributed by atoms with van der Waals surface area (Å²) in [4.78, 5) is 0. The summed E-state index contributed by atoms with van der Waals surface area (Å²) < 4.78 is 85.4. The molecule has 0 radical (unpaired) electrons. The second-order valence-electron chi connectivity index (χ2n) is 11.9. The van der Waals surface area contributed by atoms with Gasteiger partial charge >= 0.3 is 12.4 Å². The highest BCUT2D eigenvalue weighted by Crippen LogP contribution is 2.48. The molecule has 0 fully saturated rings. The van der Waals surface area contributed by atoms with Crippen LogP contribution in [0.3, 0.4) is 0 Å². The zero-order valence-corrected chi connectivity index (χ0v) is 25.1. The Morgan fingerprint density at radius 2 is 0.750 bits per heavy atom. The highest BCUT2D eigenvalue weighted by atomic mass is 19.4. The highest BCUT2D eigenvalue weighted by Gasteiger charge is 2.33. The number of benzene rings is 8. The van der Waals surface area contributed by atoms with E-state index in [0.717, 1.165) is 56.9 Å². The van der Waals surface area contributed by atoms with Crippen molar-refractivity contribution in [3.63, 3.8) is 0 Å². The Morgan fingerprint density at radius 1 is 0.312 bits per heavy atom. The van der Waals surface area contributed by atoms with Crippen LogP contribution in [0.2, 0.25) is 0 Å². The molecule has 0 unspecified atom stereocenters. The first kappa shape index (κ1) is 29.8. The van der Waals surface area contributed by atoms with E-state index in [-0.39, 0.29) is 10.8 Å². The van der Waals surface area contributed by atoms with Crippen LogP contribution in [0, 0.1) is 0 Å². The van der Waals surface area contributed by atoms with Crippen molar-refractivity contribution < 1.29 is 26.3 Å². The standard InChI is InChI=1S/C42H24F6/c43-41(44,45)29-19-21-35-37(23-29)40(34-14-6-10-26-8-2-4-12-33(26)34)38-24-30(42(46,47)48)20-22-36(38)39(35)28-17-15-27(16-18-28)32-13-5-9-25-7-1-3-11-31(25)32/h1-24H. The lowest BCUT2D eigenvalue weighted by Gasteiger charge is -2.21. The summed E-state index contributed by atoms with van der Waals surface area (Å²) in [5, 5.41) is 5.17. The minimum absolute atomic E-state index is 0.223. The SMILES string of the molecule is FC(F)(F)c1ccc2c(-c3ccc(-c4cccc5ccccc45)cc3)c3ccc(C(F)(F)F)cc3c(-c3cccc4ccccc34)c2c1. The molecule has 0 heterocycles. The second kappa shape index (κ2) is 11.0. The smallest absolute Gasteiger partial charge is 0.166 e. The van der Waals surface area contributed by atoms with Gasteiger partial charge in [-0.2, -0.15) is 26.3 Å². The topological polar surface area (TPSA) is 0 Å². The molecule has 0 aliphatic rings. The maximum atomic E-state index is 14.2. The van der Waals surface area contributed by atoms with Crippen molar-refractivity contribution in [2.45, 2.75) is 12.4 Å². The Labute approximate surface area is 271 Å². The largest absolute Gasteiger partial charge is 0.416 e. The number of hydrogen-bond acceptors (Lipinski definition) is 0. The van der Waals surface area contributed by atoms with Crippen molar-refractivity contribution >= 4 is 43.1 Å². The van der Waals surface area contributed by atoms with Crippen molar-refractivity contribution in [2.24, 2.45) is 0 Å². The van der Waals surface area contributed by atoms with Gasteiger partial charge < -0.3 is 0 Å². The van der Waals surface area contributed by atoms with Crippen LogP contribution >= 0.6 is 0 Å². The quantitative estimate of drug-likeness (QED) is 0.133. The lowest BCUT2D eigenvalue weighted by Crippen LogP contribution is -2.06. The zero-order chi connectivity index (χ0) is 33.2. The van der Waals surface area contributed by atoms with Crippen LogP contribution in [-0.4, -0.2) is 0 Å². The van der Waals surface area contributed by atoms with E-state index in [0.29, 0.717) is 33.0 Å². The molecule has 6 heteroatoms. The first-order valence-corrected chi connectivity index (χ1v) is 15.3. The minimum atomic E-state index is -4.66. The maximum Gasteiger partial charge on any atom is 0.416 e. The van der Waals surface area contributed by atoms with Gasteiger partial charge in [-0.3, -0.25) is 0 Å². The van der Waals surface area contributed by atoms with Gasteiger partial charge in [0, 0.05) is 0 Å². The monoisotopic (exact) mass is 642 g/mol. The molecule has 8 aromatic carbocycles. The lowest BCUT2D eigenvalue weighted by atomic mass is 9.83. The van der Waals surface area contributed by atoms with Gasteiger partial charge in [0.05, 0.1) is 11.1 Å². The molecule has 8 rings (SSSR count). The van der Waals surface area contributed by atoms with Crippen LogP contribution < -0.4 is 0 Å². The van der Waals surface area contributed by atoms with E-state index in [4.69, 9.17) is 0 Å². The normalized spacial score (nSPS) is 12.4. The van der Waals surface area contributed by atoms with E-state index in [2.05, 4.69) is 0 Å². The molecular formula is C42H24F6. The molecule has 0 nitrogen and oxygen atoms in total. The van der Waals surface area contributed by atoms with Crippen LogP contribution in [0.25, 0.3) is 76.5 Å². The molecule has 0 saturated heterocycles. The average molecular weight is 643 g/mol. The fourth-order valence-electron chi connectivity index (χ4n) is 6.92. The fraction of sp³-hybridized carbons (Fsp3) is 0.0476. The van der Waals surface area contributed by atoms with Crippen molar-refractivity contribution in [1.82, 2.24) is 0 Å². The van der Waals surface area contributed by atoms with Gasteiger partial charge in [-0.25, -0.2) is 0 Å². The summed E-state index contributed by atoms with van der Waals surface area (Å²) in [6.07, 6.45) is -9.32. The first-order valence-electron chi connectivity index (χ1n) is 15.3. The van der Waals surface area contributed by atoms with E-state index < -0.39 is 23.5 Å². The van der Waals surface area contributed by atoms with Crippen molar-refractivity contribution in [3.8, 4) is 33.4 Å². The van der Waals surface area contributed by atoms with Gasteiger partial charge in [-0.1, -0.05) is 121 Å². The van der Waals surface area contributed by atoms with Crippen molar-refractivity contribution in [1.29, 1.82) is 0 Å². The number of hydrogen-bond donors (Lipinski definition) is 0. The maximum absolute atomic E-state index is 14.2. The van der Waals surface area contributed by atoms with Crippen LogP contribution in [0.5, 0.6) is 0 Å². The molecule has 0 aromatic heterocycles. The van der Waals surface area contributed by atoms with E-state index in [9.17, 15) is 26.3 Å². The number of halogens is 6. The Morgan fingerprint density at radius 3 is 1.27 bits per heavy atom. The van der Waals surface area contributed by atoms with Crippen LogP contribution in [0.4, 0.5) is 26.3 Å². The number of fused-ring (bicyclic) bond motifs is 4. The summed E-state index contributed by atoms with van der Waals surface area (Å²) in [5.74, 6) is 0. The Balaban J connectivity index is 1.47. The summed E-state index contributed by atoms with van der Waals surface area (Å²) in [7, 11) is 0. The third-order valence-electron chi connectivity index (χ3n) is 9.10. The third-order valence-corrected chi connectivity index (χ3v) is 9.10. The summed E-state index contributed by atoms with van der Waals surface area (Å²) in [6.45, 7) is 0. The van der Waals surface area contributed by atoms with Gasteiger partial charge in [0.25, 0.3) is 0 Å². The molecule has 0 N–H and O–H groups in total. The third kappa shape index (κ3) is 4.96. The molecule has 0 bridgehead atoms. The average Bonchev–Trinajstić information content (AvgIpc) is 3.09. The molecule has 8 aromatic rings. The predicted octanol–water partition coefficient (Wildman–Crippen LogP) is 13.3. The molecule has 48 heavy (non-hydrogen) atoms. The highest BCUT2D eigenvalue weighted by molar-refractivity contribution is 6.23. The molecule has 0 spiro atoms. The van der Waals surface area contributed by atoms with E-state index in [1.165, 1.54) is 12.1 Å². The molecule has 0 aliphatic heterocycles. The second-order valence-corrected chi connectivity index (χ2v) is 11.9. The van der Waals surface area contributed by atoms with Crippen molar-refractivity contribution in [2.75, 3.05) is 0 Å². The Kier molecular flexibility index (Phi) is 6.81. The zero-order valence-electron chi connectivity index (χ0n) is 25.1. The molecule has 234 valence electrons. The van der Waals surface area contributed by atoms with E-state index in [1.807, 2.05) is 97.1 Å². The fourth-order valence-corrected chi connectivity index (χ4v) is 6.92.